The molecular formula is C27H29F2N5O4. The number of hydrogen-bond donors (Lipinski definition) is 3. The van der Waals surface area contributed by atoms with E-state index in [2.05, 4.69) is 32.5 Å². The van der Waals surface area contributed by atoms with E-state index in [9.17, 15) is 18.4 Å². The number of hydrogen-bond acceptors (Lipinski definition) is 8. The van der Waals surface area contributed by atoms with Gasteiger partial charge in [0.15, 0.2) is 23.2 Å². The summed E-state index contributed by atoms with van der Waals surface area (Å²) in [6, 6.07) is 10.7. The maximum Gasteiger partial charge on any atom is 0.306 e. The van der Waals surface area contributed by atoms with E-state index in [0.717, 1.165) is 12.3 Å². The summed E-state index contributed by atoms with van der Waals surface area (Å²) in [7, 11) is 0. The van der Waals surface area contributed by atoms with Crippen LogP contribution in [0.15, 0.2) is 61.3 Å². The Labute approximate surface area is 219 Å². The highest BCUT2D eigenvalue weighted by Gasteiger charge is 2.14. The van der Waals surface area contributed by atoms with Crippen molar-refractivity contribution in [3.8, 4) is 5.75 Å². The van der Waals surface area contributed by atoms with E-state index < -0.39 is 17.7 Å². The van der Waals surface area contributed by atoms with Gasteiger partial charge in [-0.05, 0) is 49.2 Å². The fraction of sp³-hybridized carbons (Fsp3) is 0.259. The maximum atomic E-state index is 14.6. The number of anilines is 5. The van der Waals surface area contributed by atoms with Crippen LogP contribution < -0.4 is 20.7 Å². The first kappa shape index (κ1) is 28.0. The van der Waals surface area contributed by atoms with E-state index in [1.807, 2.05) is 13.8 Å². The molecule has 0 bridgehead atoms. The minimum atomic E-state index is -0.714. The second-order valence-corrected chi connectivity index (χ2v) is 8.77. The van der Waals surface area contributed by atoms with E-state index in [1.165, 1.54) is 12.1 Å². The van der Waals surface area contributed by atoms with Gasteiger partial charge in [0.05, 0.1) is 6.20 Å². The number of carbonyl (C=O) groups is 2. The van der Waals surface area contributed by atoms with Crippen LogP contribution in [0.5, 0.6) is 5.75 Å². The molecule has 0 unspecified atom stereocenters. The minimum absolute atomic E-state index is 0.00623. The largest absolute Gasteiger partial charge is 0.484 e. The minimum Gasteiger partial charge on any atom is -0.484 e. The van der Waals surface area contributed by atoms with Gasteiger partial charge in [-0.15, -0.1) is 0 Å². The predicted octanol–water partition coefficient (Wildman–Crippen LogP) is 5.72. The average molecular weight is 526 g/mol. The molecule has 0 aliphatic carbocycles. The smallest absolute Gasteiger partial charge is 0.306 e. The number of ether oxygens (including phenoxy) is 2. The highest BCUT2D eigenvalue weighted by atomic mass is 19.1. The summed E-state index contributed by atoms with van der Waals surface area (Å²) >= 11 is 0. The molecule has 3 aromatic rings. The van der Waals surface area contributed by atoms with Gasteiger partial charge in [-0.3, -0.25) is 9.59 Å². The number of nitrogens with one attached hydrogen (secondary N) is 3. The van der Waals surface area contributed by atoms with Gasteiger partial charge in [0.25, 0.3) is 0 Å². The van der Waals surface area contributed by atoms with Crippen LogP contribution in [0.2, 0.25) is 0 Å². The lowest BCUT2D eigenvalue weighted by molar-refractivity contribution is -0.146. The topological polar surface area (TPSA) is 114 Å². The van der Waals surface area contributed by atoms with E-state index in [0.29, 0.717) is 23.5 Å². The van der Waals surface area contributed by atoms with Crippen molar-refractivity contribution in [2.75, 3.05) is 22.6 Å². The van der Waals surface area contributed by atoms with Crippen LogP contribution in [-0.2, 0) is 14.3 Å². The molecule has 0 saturated heterocycles. The average Bonchev–Trinajstić information content (AvgIpc) is 2.86. The van der Waals surface area contributed by atoms with Gasteiger partial charge in [0, 0.05) is 29.5 Å². The number of esters is 1. The second-order valence-electron chi connectivity index (χ2n) is 8.77. The third-order valence-corrected chi connectivity index (χ3v) is 4.89. The number of halogens is 2. The SMILES string of the molecule is C=CC(=O)Nc1cccc(Nc2nc(Nc3ccc(O[C@H](C)COC(=O)CC(C)C)c(F)c3)ncc2F)c1. The Morgan fingerprint density at radius 1 is 1.03 bits per heavy atom. The Morgan fingerprint density at radius 2 is 1.76 bits per heavy atom. The molecule has 11 heteroatoms. The third-order valence-electron chi connectivity index (χ3n) is 4.89. The van der Waals surface area contributed by atoms with Crippen molar-refractivity contribution in [1.29, 1.82) is 0 Å². The summed E-state index contributed by atoms with van der Waals surface area (Å²) in [5.74, 6) is -2.05. The standard InChI is InChI=1S/C27H29F2N5O4/c1-5-24(35)31-18-7-6-8-19(12-18)32-26-22(29)14-30-27(34-26)33-20-9-10-23(21(28)13-20)38-17(4)15-37-25(36)11-16(2)3/h5-10,12-14,16-17H,1,11,15H2,2-4H3,(H,31,35)(H2,30,32,33,34)/t17-/m1/s1. The molecule has 1 atom stereocenters. The van der Waals surface area contributed by atoms with Crippen LogP contribution in [0.4, 0.5) is 37.6 Å². The van der Waals surface area contributed by atoms with Crippen LogP contribution >= 0.6 is 0 Å². The number of amides is 1. The van der Waals surface area contributed by atoms with Gasteiger partial charge in [-0.1, -0.05) is 26.5 Å². The van der Waals surface area contributed by atoms with E-state index in [1.54, 1.807) is 37.3 Å². The lowest BCUT2D eigenvalue weighted by atomic mass is 10.1. The Balaban J connectivity index is 1.64. The molecule has 200 valence electrons. The zero-order chi connectivity index (χ0) is 27.7. The van der Waals surface area contributed by atoms with Crippen LogP contribution in [0.25, 0.3) is 0 Å². The highest BCUT2D eigenvalue weighted by molar-refractivity contribution is 5.99. The van der Waals surface area contributed by atoms with Gasteiger partial charge in [0.2, 0.25) is 11.9 Å². The van der Waals surface area contributed by atoms with Crippen molar-refractivity contribution < 1.29 is 27.8 Å². The molecule has 0 radical (unpaired) electrons. The van der Waals surface area contributed by atoms with Gasteiger partial charge >= 0.3 is 5.97 Å². The number of carbonyl (C=O) groups excluding carboxylic acids is 2. The van der Waals surface area contributed by atoms with Crippen molar-refractivity contribution in [2.24, 2.45) is 5.92 Å². The van der Waals surface area contributed by atoms with Gasteiger partial charge in [-0.2, -0.15) is 4.98 Å². The number of rotatable bonds is 12. The molecule has 0 fully saturated rings. The Morgan fingerprint density at radius 3 is 2.47 bits per heavy atom. The van der Waals surface area contributed by atoms with E-state index in [4.69, 9.17) is 9.47 Å². The highest BCUT2D eigenvalue weighted by Crippen LogP contribution is 2.26. The van der Waals surface area contributed by atoms with Crippen LogP contribution in [-0.4, -0.2) is 34.6 Å². The van der Waals surface area contributed by atoms with Crippen molar-refractivity contribution >= 4 is 40.7 Å². The van der Waals surface area contributed by atoms with Crippen LogP contribution in [0, 0.1) is 17.6 Å². The lowest BCUT2D eigenvalue weighted by Gasteiger charge is -2.16. The summed E-state index contributed by atoms with van der Waals surface area (Å²) in [6.07, 6.45) is 1.84. The Bertz CT molecular complexity index is 1300. The molecule has 9 nitrogen and oxygen atoms in total. The third kappa shape index (κ3) is 8.54. The van der Waals surface area contributed by atoms with Gasteiger partial charge < -0.3 is 25.4 Å². The molecule has 0 saturated carbocycles. The maximum absolute atomic E-state index is 14.6. The molecule has 3 N–H and O–H groups in total. The number of aromatic nitrogens is 2. The zero-order valence-corrected chi connectivity index (χ0v) is 21.3. The predicted molar refractivity (Wildman–Crippen MR) is 141 cm³/mol. The molecule has 0 aliphatic rings. The summed E-state index contributed by atoms with van der Waals surface area (Å²) < 4.78 is 39.7. The summed E-state index contributed by atoms with van der Waals surface area (Å²) in [5, 5.41) is 8.26. The number of nitrogens with zero attached hydrogens (tertiary/aromatic N) is 2. The molecular weight excluding hydrogens is 496 g/mol. The summed E-state index contributed by atoms with van der Waals surface area (Å²) in [5.41, 5.74) is 1.25. The molecule has 0 aliphatic heterocycles. The zero-order valence-electron chi connectivity index (χ0n) is 21.3. The first-order valence-electron chi connectivity index (χ1n) is 11.8. The van der Waals surface area contributed by atoms with Crippen molar-refractivity contribution in [2.45, 2.75) is 33.3 Å². The molecule has 1 aromatic heterocycles. The molecule has 3 rings (SSSR count). The van der Waals surface area contributed by atoms with E-state index in [-0.39, 0.29) is 41.9 Å². The normalized spacial score (nSPS) is 11.4. The van der Waals surface area contributed by atoms with Crippen LogP contribution in [0.3, 0.4) is 0 Å². The number of benzene rings is 2. The molecule has 38 heavy (non-hydrogen) atoms. The Kier molecular flexibility index (Phi) is 9.69. The van der Waals surface area contributed by atoms with Crippen LogP contribution in [0.1, 0.15) is 27.2 Å². The summed E-state index contributed by atoms with van der Waals surface area (Å²) in [4.78, 5) is 31.2. The van der Waals surface area contributed by atoms with Crippen molar-refractivity contribution in [3.05, 3.63) is 73.0 Å². The fourth-order valence-corrected chi connectivity index (χ4v) is 3.18. The summed E-state index contributed by atoms with van der Waals surface area (Å²) in [6.45, 7) is 8.88. The van der Waals surface area contributed by atoms with Gasteiger partial charge in [-0.25, -0.2) is 13.8 Å². The van der Waals surface area contributed by atoms with Gasteiger partial charge in [0.1, 0.15) is 12.7 Å². The first-order chi connectivity index (χ1) is 18.1. The Hall–Kier alpha value is -4.54. The molecule has 1 heterocycles. The second kappa shape index (κ2) is 13.1. The monoisotopic (exact) mass is 525 g/mol. The van der Waals surface area contributed by atoms with Crippen molar-refractivity contribution in [1.82, 2.24) is 9.97 Å². The molecule has 0 spiro atoms. The van der Waals surface area contributed by atoms with Crippen molar-refractivity contribution in [3.63, 3.8) is 0 Å². The molecule has 1 amide bonds. The van der Waals surface area contributed by atoms with E-state index >= 15 is 0 Å². The molecule has 2 aromatic carbocycles. The fourth-order valence-electron chi connectivity index (χ4n) is 3.18. The quantitative estimate of drug-likeness (QED) is 0.203. The lowest BCUT2D eigenvalue weighted by Crippen LogP contribution is -2.22. The first-order valence-corrected chi connectivity index (χ1v) is 11.8.